The number of benzene rings is 1. The van der Waals surface area contributed by atoms with Gasteiger partial charge in [0.2, 0.25) is 5.91 Å². The Hall–Kier alpha value is -2.61. The average Bonchev–Trinajstić information content (AvgIpc) is 3.10. The molecule has 0 bridgehead atoms. The largest absolute Gasteiger partial charge is 0.491 e. The summed E-state index contributed by atoms with van der Waals surface area (Å²) in [5, 5.41) is 21.9. The van der Waals surface area contributed by atoms with E-state index in [2.05, 4.69) is 5.32 Å². The molecule has 0 spiro atoms. The second-order valence-corrected chi connectivity index (χ2v) is 7.85. The fraction of sp³-hybridized carbons (Fsp3) is 0.571. The standard InChI is InChI=1S/C21H28N2O6/c1-13(22-16(20(25)26)12-29-15-8-3-2-4-9-15)19(24)23-17-10-6-5-7-14(17)11-18(23)21(27)28/h2-4,8-9,13-14,16-18,22H,5-7,10-12H2,1H3,(H,25,26)(H,27,28)/t13?,14?,16-,17?,18-/m0/s1. The summed E-state index contributed by atoms with van der Waals surface area (Å²) in [6, 6.07) is 5.98. The van der Waals surface area contributed by atoms with Crippen LogP contribution < -0.4 is 10.1 Å². The third-order valence-electron chi connectivity index (χ3n) is 5.91. The first-order valence-corrected chi connectivity index (χ1v) is 10.1. The molecular formula is C21H28N2O6. The van der Waals surface area contributed by atoms with Crippen LogP contribution in [0.3, 0.4) is 0 Å². The summed E-state index contributed by atoms with van der Waals surface area (Å²) >= 11 is 0. The van der Waals surface area contributed by atoms with Crippen molar-refractivity contribution in [1.82, 2.24) is 10.2 Å². The molecule has 1 saturated heterocycles. The van der Waals surface area contributed by atoms with Gasteiger partial charge in [-0.2, -0.15) is 0 Å². The number of amides is 1. The van der Waals surface area contributed by atoms with E-state index < -0.39 is 30.1 Å². The Bertz CT molecular complexity index is 740. The first-order valence-electron chi connectivity index (χ1n) is 10.1. The summed E-state index contributed by atoms with van der Waals surface area (Å²) in [7, 11) is 0. The number of nitrogens with zero attached hydrogens (tertiary/aromatic N) is 1. The second kappa shape index (κ2) is 9.26. The lowest BCUT2D eigenvalue weighted by Gasteiger charge is -2.35. The highest BCUT2D eigenvalue weighted by Gasteiger charge is 2.48. The normalized spacial score (nSPS) is 25.7. The highest BCUT2D eigenvalue weighted by atomic mass is 16.5. The molecule has 0 aromatic heterocycles. The van der Waals surface area contributed by atoms with Crippen LogP contribution in [-0.4, -0.2) is 63.7 Å². The van der Waals surface area contributed by atoms with Gasteiger partial charge in [0.25, 0.3) is 0 Å². The van der Waals surface area contributed by atoms with E-state index >= 15 is 0 Å². The SMILES string of the molecule is CC(N[C@@H](COc1ccccc1)C(=O)O)C(=O)N1C2CCCCC2C[C@H]1C(=O)O. The molecule has 1 heterocycles. The van der Waals surface area contributed by atoms with Crippen LogP contribution in [0.5, 0.6) is 5.75 Å². The molecule has 8 nitrogen and oxygen atoms in total. The smallest absolute Gasteiger partial charge is 0.326 e. The number of carboxylic acids is 2. The predicted molar refractivity (Wildman–Crippen MR) is 105 cm³/mol. The summed E-state index contributed by atoms with van der Waals surface area (Å²) < 4.78 is 5.52. The number of nitrogens with one attached hydrogen (secondary N) is 1. The van der Waals surface area contributed by atoms with Gasteiger partial charge in [-0.3, -0.25) is 14.9 Å². The Balaban J connectivity index is 1.66. The fourth-order valence-corrected chi connectivity index (χ4v) is 4.48. The van der Waals surface area contributed by atoms with Crippen LogP contribution in [0.4, 0.5) is 0 Å². The van der Waals surface area contributed by atoms with Gasteiger partial charge in [0.1, 0.15) is 24.4 Å². The quantitative estimate of drug-likeness (QED) is 0.604. The molecule has 1 aromatic carbocycles. The molecule has 3 unspecified atom stereocenters. The highest BCUT2D eigenvalue weighted by Crippen LogP contribution is 2.40. The van der Waals surface area contributed by atoms with Crippen molar-refractivity contribution in [2.24, 2.45) is 5.92 Å². The molecule has 1 amide bonds. The minimum absolute atomic E-state index is 0.0783. The summed E-state index contributed by atoms with van der Waals surface area (Å²) in [5.74, 6) is -1.75. The topological polar surface area (TPSA) is 116 Å². The molecular weight excluding hydrogens is 376 g/mol. The third kappa shape index (κ3) is 4.87. The van der Waals surface area contributed by atoms with Crippen molar-refractivity contribution in [1.29, 1.82) is 0 Å². The van der Waals surface area contributed by atoms with Gasteiger partial charge in [-0.25, -0.2) is 4.79 Å². The second-order valence-electron chi connectivity index (χ2n) is 7.85. The molecule has 1 aromatic rings. The van der Waals surface area contributed by atoms with E-state index in [4.69, 9.17) is 4.74 Å². The molecule has 1 saturated carbocycles. The Morgan fingerprint density at radius 1 is 1.17 bits per heavy atom. The minimum Gasteiger partial charge on any atom is -0.491 e. The predicted octanol–water partition coefficient (Wildman–Crippen LogP) is 1.74. The van der Waals surface area contributed by atoms with Crippen LogP contribution in [0, 0.1) is 5.92 Å². The first kappa shape index (κ1) is 21.1. The van der Waals surface area contributed by atoms with Crippen molar-refractivity contribution < 1.29 is 29.3 Å². The maximum atomic E-state index is 13.1. The number of hydrogen-bond acceptors (Lipinski definition) is 5. The Morgan fingerprint density at radius 2 is 1.86 bits per heavy atom. The summed E-state index contributed by atoms with van der Waals surface area (Å²) in [6.07, 6.45) is 4.23. The van der Waals surface area contributed by atoms with E-state index in [1.807, 2.05) is 6.07 Å². The Kier molecular flexibility index (Phi) is 6.74. The maximum Gasteiger partial charge on any atom is 0.326 e. The van der Waals surface area contributed by atoms with Crippen molar-refractivity contribution in [3.63, 3.8) is 0 Å². The Labute approximate surface area is 169 Å². The molecule has 3 N–H and O–H groups in total. The van der Waals surface area contributed by atoms with Crippen LogP contribution >= 0.6 is 0 Å². The molecule has 29 heavy (non-hydrogen) atoms. The number of para-hydroxylation sites is 1. The third-order valence-corrected chi connectivity index (χ3v) is 5.91. The van der Waals surface area contributed by atoms with Crippen molar-refractivity contribution in [2.45, 2.75) is 63.2 Å². The van der Waals surface area contributed by atoms with Crippen LogP contribution in [0.15, 0.2) is 30.3 Å². The number of hydrogen-bond donors (Lipinski definition) is 3. The monoisotopic (exact) mass is 404 g/mol. The number of aliphatic carboxylic acids is 2. The van der Waals surface area contributed by atoms with Gasteiger partial charge in [0, 0.05) is 6.04 Å². The zero-order valence-electron chi connectivity index (χ0n) is 16.5. The molecule has 2 fully saturated rings. The number of likely N-dealkylation sites (tertiary alicyclic amines) is 1. The van der Waals surface area contributed by atoms with Crippen LogP contribution in [0.2, 0.25) is 0 Å². The molecule has 1 aliphatic heterocycles. The molecule has 158 valence electrons. The van der Waals surface area contributed by atoms with Crippen molar-refractivity contribution in [3.8, 4) is 5.75 Å². The van der Waals surface area contributed by atoms with E-state index in [0.29, 0.717) is 12.2 Å². The number of ether oxygens (including phenoxy) is 1. The fourth-order valence-electron chi connectivity index (χ4n) is 4.48. The lowest BCUT2D eigenvalue weighted by atomic mass is 9.84. The van der Waals surface area contributed by atoms with Gasteiger partial charge in [-0.05, 0) is 44.2 Å². The Morgan fingerprint density at radius 3 is 2.52 bits per heavy atom. The minimum atomic E-state index is -1.13. The molecule has 1 aliphatic carbocycles. The van der Waals surface area contributed by atoms with Gasteiger partial charge in [-0.1, -0.05) is 31.0 Å². The number of carbonyl (C=O) groups is 3. The van der Waals surface area contributed by atoms with Gasteiger partial charge < -0.3 is 19.8 Å². The van der Waals surface area contributed by atoms with E-state index in [0.717, 1.165) is 25.7 Å². The van der Waals surface area contributed by atoms with Crippen molar-refractivity contribution >= 4 is 17.8 Å². The van der Waals surface area contributed by atoms with E-state index in [1.54, 1.807) is 31.2 Å². The van der Waals surface area contributed by atoms with Crippen LogP contribution in [-0.2, 0) is 14.4 Å². The lowest BCUT2D eigenvalue weighted by molar-refractivity contribution is -0.151. The average molecular weight is 404 g/mol. The molecule has 5 atom stereocenters. The highest BCUT2D eigenvalue weighted by molar-refractivity contribution is 5.88. The maximum absolute atomic E-state index is 13.1. The van der Waals surface area contributed by atoms with Crippen LogP contribution in [0.1, 0.15) is 39.0 Å². The first-order chi connectivity index (χ1) is 13.9. The zero-order valence-corrected chi connectivity index (χ0v) is 16.5. The van der Waals surface area contributed by atoms with Gasteiger partial charge in [-0.15, -0.1) is 0 Å². The lowest BCUT2D eigenvalue weighted by Crippen LogP contribution is -2.56. The van der Waals surface area contributed by atoms with E-state index in [-0.39, 0.29) is 24.5 Å². The van der Waals surface area contributed by atoms with E-state index in [1.165, 1.54) is 4.90 Å². The molecule has 3 rings (SSSR count). The van der Waals surface area contributed by atoms with E-state index in [9.17, 15) is 24.6 Å². The number of fused-ring (bicyclic) bond motifs is 1. The van der Waals surface area contributed by atoms with Crippen LogP contribution in [0.25, 0.3) is 0 Å². The summed E-state index contributed by atoms with van der Waals surface area (Å²) in [6.45, 7) is 1.43. The van der Waals surface area contributed by atoms with Gasteiger partial charge in [0.05, 0.1) is 6.04 Å². The number of carbonyl (C=O) groups excluding carboxylic acids is 1. The zero-order chi connectivity index (χ0) is 21.0. The molecule has 8 heteroatoms. The summed E-state index contributed by atoms with van der Waals surface area (Å²) in [4.78, 5) is 38.0. The van der Waals surface area contributed by atoms with Crippen molar-refractivity contribution in [2.75, 3.05) is 6.61 Å². The molecule has 0 radical (unpaired) electrons. The van der Waals surface area contributed by atoms with Gasteiger partial charge in [0.15, 0.2) is 0 Å². The molecule has 2 aliphatic rings. The van der Waals surface area contributed by atoms with Crippen molar-refractivity contribution in [3.05, 3.63) is 30.3 Å². The summed E-state index contributed by atoms with van der Waals surface area (Å²) in [5.41, 5.74) is 0. The number of carboxylic acid groups (broad SMARTS) is 2. The number of rotatable bonds is 8. The van der Waals surface area contributed by atoms with Gasteiger partial charge >= 0.3 is 11.9 Å².